The van der Waals surface area contributed by atoms with Crippen molar-refractivity contribution in [3.05, 3.63) is 46.4 Å². The Morgan fingerprint density at radius 1 is 1.35 bits per heavy atom. The molecule has 0 aliphatic heterocycles. The van der Waals surface area contributed by atoms with Crippen LogP contribution in [0, 0.1) is 5.92 Å². The normalized spacial score (nSPS) is 13.8. The number of nitrogens with one attached hydrogen (secondary N) is 2. The number of amides is 1. The topological polar surface area (TPSA) is 117 Å². The van der Waals surface area contributed by atoms with Crippen LogP contribution in [0.2, 0.25) is 0 Å². The number of aromatic nitrogens is 3. The zero-order chi connectivity index (χ0) is 19.1. The lowest BCUT2D eigenvalue weighted by Gasteiger charge is -2.33. The molecule has 3 rings (SSSR count). The number of carboxylic acids is 1. The van der Waals surface area contributed by atoms with Crippen LogP contribution in [-0.4, -0.2) is 37.1 Å². The number of H-pyrrole nitrogens is 1. The Labute approximate surface area is 148 Å². The van der Waals surface area contributed by atoms with E-state index in [1.165, 1.54) is 10.7 Å². The predicted molar refractivity (Wildman–Crippen MR) is 96.3 cm³/mol. The lowest BCUT2D eigenvalue weighted by Crippen LogP contribution is -2.51. The Bertz CT molecular complexity index is 1070. The van der Waals surface area contributed by atoms with Crippen molar-refractivity contribution in [3.63, 3.8) is 0 Å². The molecule has 0 aliphatic carbocycles. The van der Waals surface area contributed by atoms with Gasteiger partial charge in [0.15, 0.2) is 0 Å². The van der Waals surface area contributed by atoms with Crippen molar-refractivity contribution in [3.8, 4) is 0 Å². The highest BCUT2D eigenvalue weighted by molar-refractivity contribution is 6.01. The highest BCUT2D eigenvalue weighted by atomic mass is 16.4. The number of benzene rings is 1. The van der Waals surface area contributed by atoms with Gasteiger partial charge in [-0.05, 0) is 25.0 Å². The van der Waals surface area contributed by atoms with E-state index < -0.39 is 17.4 Å². The maximum absolute atomic E-state index is 12.8. The van der Waals surface area contributed by atoms with E-state index in [1.807, 2.05) is 13.8 Å². The van der Waals surface area contributed by atoms with Crippen LogP contribution in [0.4, 0.5) is 0 Å². The predicted octanol–water partition coefficient (Wildman–Crippen LogP) is 1.79. The first-order valence-electron chi connectivity index (χ1n) is 8.26. The van der Waals surface area contributed by atoms with E-state index in [0.717, 1.165) is 0 Å². The van der Waals surface area contributed by atoms with Crippen LogP contribution in [-0.2, 0) is 4.79 Å². The lowest BCUT2D eigenvalue weighted by atomic mass is 9.85. The number of para-hydroxylation sites is 1. The van der Waals surface area contributed by atoms with Gasteiger partial charge >= 0.3 is 5.97 Å². The molecule has 1 atom stereocenters. The number of hydrogen-bond donors (Lipinski definition) is 3. The summed E-state index contributed by atoms with van der Waals surface area (Å²) in [5.41, 5.74) is -0.214. The zero-order valence-corrected chi connectivity index (χ0v) is 14.7. The second-order valence-corrected chi connectivity index (χ2v) is 6.89. The third-order valence-corrected chi connectivity index (χ3v) is 4.81. The molecule has 0 fully saturated rings. The van der Waals surface area contributed by atoms with Crippen molar-refractivity contribution in [1.82, 2.24) is 19.9 Å². The average molecular weight is 356 g/mol. The smallest absolute Gasteiger partial charge is 0.305 e. The number of carbonyl (C=O) groups is 2. The summed E-state index contributed by atoms with van der Waals surface area (Å²) in [4.78, 5) is 38.9. The standard InChI is InChI=1S/C18H20N4O4/c1-10(2)18(3,8-14(23)24)21-17(26)12-9-19-22-13-7-5-4-6-11(13)16(25)20-15(12)22/h4-7,9-10H,8H2,1-3H3,(H,20,25)(H,21,26)(H,23,24). The van der Waals surface area contributed by atoms with Crippen LogP contribution in [0.1, 0.15) is 37.6 Å². The molecular formula is C18H20N4O4. The summed E-state index contributed by atoms with van der Waals surface area (Å²) in [5, 5.41) is 16.6. The summed E-state index contributed by atoms with van der Waals surface area (Å²) >= 11 is 0. The van der Waals surface area contributed by atoms with Gasteiger partial charge in [0.05, 0.1) is 29.1 Å². The molecule has 0 saturated carbocycles. The highest BCUT2D eigenvalue weighted by Crippen LogP contribution is 2.22. The fraction of sp³-hybridized carbons (Fsp3) is 0.333. The minimum absolute atomic E-state index is 0.107. The summed E-state index contributed by atoms with van der Waals surface area (Å²) in [6.45, 7) is 5.37. The van der Waals surface area contributed by atoms with Gasteiger partial charge in [-0.1, -0.05) is 26.0 Å². The van der Waals surface area contributed by atoms with Gasteiger partial charge in [0, 0.05) is 0 Å². The number of hydrogen-bond acceptors (Lipinski definition) is 4. The summed E-state index contributed by atoms with van der Waals surface area (Å²) in [7, 11) is 0. The maximum atomic E-state index is 12.8. The number of carboxylic acid groups (broad SMARTS) is 1. The van der Waals surface area contributed by atoms with Crippen molar-refractivity contribution in [2.75, 3.05) is 0 Å². The zero-order valence-electron chi connectivity index (χ0n) is 14.7. The summed E-state index contributed by atoms with van der Waals surface area (Å²) < 4.78 is 1.50. The van der Waals surface area contributed by atoms with Gasteiger partial charge in [-0.3, -0.25) is 14.4 Å². The second-order valence-electron chi connectivity index (χ2n) is 6.89. The SMILES string of the molecule is CC(C)C(C)(CC(=O)O)NC(=O)c1cnn2c1[nH]c(=O)c1ccccc12. The van der Waals surface area contributed by atoms with Crippen LogP contribution in [0.15, 0.2) is 35.3 Å². The average Bonchev–Trinajstić information content (AvgIpc) is 2.98. The maximum Gasteiger partial charge on any atom is 0.305 e. The Hall–Kier alpha value is -3.16. The van der Waals surface area contributed by atoms with Crippen molar-refractivity contribution >= 4 is 28.4 Å². The van der Waals surface area contributed by atoms with E-state index in [0.29, 0.717) is 10.9 Å². The minimum atomic E-state index is -0.999. The molecule has 136 valence electrons. The van der Waals surface area contributed by atoms with E-state index in [1.54, 1.807) is 31.2 Å². The molecule has 8 heteroatoms. The number of aliphatic carboxylic acids is 1. The number of rotatable bonds is 5. The molecule has 1 aromatic carbocycles. The van der Waals surface area contributed by atoms with E-state index in [-0.39, 0.29) is 29.1 Å². The Kier molecular flexibility index (Phi) is 4.27. The van der Waals surface area contributed by atoms with Gasteiger partial charge in [-0.15, -0.1) is 0 Å². The molecule has 3 aromatic rings. The monoisotopic (exact) mass is 356 g/mol. The molecule has 0 radical (unpaired) electrons. The van der Waals surface area contributed by atoms with E-state index in [4.69, 9.17) is 5.11 Å². The second kappa shape index (κ2) is 6.29. The molecule has 0 bridgehead atoms. The lowest BCUT2D eigenvalue weighted by molar-refractivity contribution is -0.138. The number of aromatic amines is 1. The van der Waals surface area contributed by atoms with Gasteiger partial charge in [0.1, 0.15) is 11.2 Å². The highest BCUT2D eigenvalue weighted by Gasteiger charge is 2.34. The molecule has 1 unspecified atom stereocenters. The van der Waals surface area contributed by atoms with Gasteiger partial charge in [-0.25, -0.2) is 4.52 Å². The summed E-state index contributed by atoms with van der Waals surface area (Å²) in [5.74, 6) is -1.59. The van der Waals surface area contributed by atoms with Crippen LogP contribution in [0.5, 0.6) is 0 Å². The van der Waals surface area contributed by atoms with Crippen molar-refractivity contribution in [2.24, 2.45) is 5.92 Å². The van der Waals surface area contributed by atoms with E-state index in [9.17, 15) is 14.4 Å². The third-order valence-electron chi connectivity index (χ3n) is 4.81. The Morgan fingerprint density at radius 2 is 2.04 bits per heavy atom. The number of carbonyl (C=O) groups excluding carboxylic acids is 1. The van der Waals surface area contributed by atoms with Crippen LogP contribution < -0.4 is 10.9 Å². The van der Waals surface area contributed by atoms with Crippen LogP contribution >= 0.6 is 0 Å². The molecule has 1 amide bonds. The Balaban J connectivity index is 2.07. The van der Waals surface area contributed by atoms with Crippen molar-refractivity contribution < 1.29 is 14.7 Å². The largest absolute Gasteiger partial charge is 0.481 e. The molecule has 8 nitrogen and oxygen atoms in total. The molecule has 2 aromatic heterocycles. The van der Waals surface area contributed by atoms with Crippen molar-refractivity contribution in [1.29, 1.82) is 0 Å². The summed E-state index contributed by atoms with van der Waals surface area (Å²) in [6.07, 6.45) is 1.16. The molecule has 0 spiro atoms. The molecule has 0 saturated heterocycles. The van der Waals surface area contributed by atoms with Gasteiger partial charge in [0.2, 0.25) is 0 Å². The van der Waals surface area contributed by atoms with Gasteiger partial charge in [0.25, 0.3) is 11.5 Å². The molecular weight excluding hydrogens is 336 g/mol. The van der Waals surface area contributed by atoms with E-state index >= 15 is 0 Å². The molecule has 3 N–H and O–H groups in total. The Morgan fingerprint density at radius 3 is 2.69 bits per heavy atom. The number of fused-ring (bicyclic) bond motifs is 3. The van der Waals surface area contributed by atoms with E-state index in [2.05, 4.69) is 15.4 Å². The number of nitrogens with zero attached hydrogens (tertiary/aromatic N) is 2. The fourth-order valence-corrected chi connectivity index (χ4v) is 2.88. The third kappa shape index (κ3) is 2.94. The molecule has 2 heterocycles. The van der Waals surface area contributed by atoms with Gasteiger partial charge < -0.3 is 15.4 Å². The van der Waals surface area contributed by atoms with Crippen LogP contribution in [0.25, 0.3) is 16.6 Å². The first kappa shape index (κ1) is 17.7. The van der Waals surface area contributed by atoms with Crippen molar-refractivity contribution in [2.45, 2.75) is 32.7 Å². The van der Waals surface area contributed by atoms with Gasteiger partial charge in [-0.2, -0.15) is 5.10 Å². The van der Waals surface area contributed by atoms with Crippen LogP contribution in [0.3, 0.4) is 0 Å². The molecule has 0 aliphatic rings. The summed E-state index contributed by atoms with van der Waals surface area (Å²) in [6, 6.07) is 6.96. The minimum Gasteiger partial charge on any atom is -0.481 e. The molecule has 26 heavy (non-hydrogen) atoms. The quantitative estimate of drug-likeness (QED) is 0.644. The first-order valence-corrected chi connectivity index (χ1v) is 8.26. The fourth-order valence-electron chi connectivity index (χ4n) is 2.88. The first-order chi connectivity index (χ1) is 12.2.